The van der Waals surface area contributed by atoms with Gasteiger partial charge in [0.1, 0.15) is 12.6 Å². The first-order chi connectivity index (χ1) is 12.2. The Morgan fingerprint density at radius 3 is 2.56 bits per heavy atom. The summed E-state index contributed by atoms with van der Waals surface area (Å²) in [5.41, 5.74) is 1.84. The zero-order chi connectivity index (χ0) is 17.6. The third kappa shape index (κ3) is 3.79. The molecule has 0 aliphatic heterocycles. The van der Waals surface area contributed by atoms with Crippen molar-refractivity contribution in [2.24, 2.45) is 0 Å². The summed E-state index contributed by atoms with van der Waals surface area (Å²) >= 11 is 0. The lowest BCUT2D eigenvalue weighted by Gasteiger charge is -2.09. The maximum atomic E-state index is 12.2. The Hall–Kier alpha value is -3.72. The first kappa shape index (κ1) is 16.1. The molecular formula is C19H14N4O2. The summed E-state index contributed by atoms with van der Waals surface area (Å²) in [5.74, 6) is -0.404. The van der Waals surface area contributed by atoms with Gasteiger partial charge in [0, 0.05) is 11.6 Å². The summed E-state index contributed by atoms with van der Waals surface area (Å²) in [4.78, 5) is 28.6. The van der Waals surface area contributed by atoms with E-state index in [0.717, 1.165) is 5.56 Å². The van der Waals surface area contributed by atoms with Crippen molar-refractivity contribution in [3.8, 4) is 17.3 Å². The smallest absolute Gasteiger partial charge is 0.254 e. The zero-order valence-electron chi connectivity index (χ0n) is 13.2. The Morgan fingerprint density at radius 1 is 1.12 bits per heavy atom. The van der Waals surface area contributed by atoms with Gasteiger partial charge in [-0.2, -0.15) is 5.26 Å². The number of amides is 1. The maximum Gasteiger partial charge on any atom is 0.254 e. The van der Waals surface area contributed by atoms with Crippen molar-refractivity contribution in [2.75, 3.05) is 5.32 Å². The maximum absolute atomic E-state index is 12.2. The van der Waals surface area contributed by atoms with E-state index in [1.807, 2.05) is 36.4 Å². The number of nitrogens with one attached hydrogen (secondary N) is 1. The van der Waals surface area contributed by atoms with Crippen LogP contribution in [0.4, 0.5) is 5.69 Å². The highest BCUT2D eigenvalue weighted by molar-refractivity contribution is 5.91. The van der Waals surface area contributed by atoms with Gasteiger partial charge < -0.3 is 5.32 Å². The van der Waals surface area contributed by atoms with Gasteiger partial charge in [-0.1, -0.05) is 42.5 Å². The Bertz CT molecular complexity index is 1000. The molecule has 1 amide bonds. The Labute approximate surface area is 144 Å². The molecule has 1 aromatic heterocycles. The van der Waals surface area contributed by atoms with Crippen LogP contribution in [0.3, 0.4) is 0 Å². The van der Waals surface area contributed by atoms with E-state index >= 15 is 0 Å². The molecule has 25 heavy (non-hydrogen) atoms. The van der Waals surface area contributed by atoms with Crippen LogP contribution in [0.5, 0.6) is 0 Å². The highest BCUT2D eigenvalue weighted by Crippen LogP contribution is 2.14. The third-order valence-corrected chi connectivity index (χ3v) is 3.58. The van der Waals surface area contributed by atoms with Gasteiger partial charge in [-0.3, -0.25) is 14.2 Å². The van der Waals surface area contributed by atoms with Crippen molar-refractivity contribution in [1.82, 2.24) is 9.55 Å². The molecule has 0 radical (unpaired) electrons. The predicted molar refractivity (Wildman–Crippen MR) is 93.7 cm³/mol. The Balaban J connectivity index is 1.76. The van der Waals surface area contributed by atoms with E-state index in [1.54, 1.807) is 24.3 Å². The second-order valence-electron chi connectivity index (χ2n) is 5.31. The summed E-state index contributed by atoms with van der Waals surface area (Å²) in [5, 5.41) is 11.7. The largest absolute Gasteiger partial charge is 0.323 e. The fourth-order valence-electron chi connectivity index (χ4n) is 2.35. The van der Waals surface area contributed by atoms with Gasteiger partial charge in [0.2, 0.25) is 5.91 Å². The molecule has 0 unspecified atom stereocenters. The minimum Gasteiger partial charge on any atom is -0.323 e. The normalized spacial score (nSPS) is 10.0. The lowest BCUT2D eigenvalue weighted by molar-refractivity contribution is -0.116. The van der Waals surface area contributed by atoms with Crippen molar-refractivity contribution in [1.29, 1.82) is 5.26 Å². The number of hydrogen-bond donors (Lipinski definition) is 1. The number of nitriles is 1. The molecule has 0 saturated carbocycles. The van der Waals surface area contributed by atoms with E-state index in [1.165, 1.54) is 17.0 Å². The summed E-state index contributed by atoms with van der Waals surface area (Å²) in [6.07, 6.45) is 1.35. The summed E-state index contributed by atoms with van der Waals surface area (Å²) < 4.78 is 1.22. The number of anilines is 1. The minimum absolute atomic E-state index is 0.180. The lowest BCUT2D eigenvalue weighted by atomic mass is 10.1. The van der Waals surface area contributed by atoms with Crippen LogP contribution in [0.25, 0.3) is 11.3 Å². The number of carbonyl (C=O) groups excluding carboxylic acids is 1. The van der Waals surface area contributed by atoms with Crippen molar-refractivity contribution in [3.05, 3.63) is 82.9 Å². The molecule has 6 heteroatoms. The summed E-state index contributed by atoms with van der Waals surface area (Å²) in [6, 6.07) is 19.4. The van der Waals surface area contributed by atoms with Gasteiger partial charge in [0.15, 0.2) is 0 Å². The van der Waals surface area contributed by atoms with Crippen LogP contribution >= 0.6 is 0 Å². The Kier molecular flexibility index (Phi) is 4.67. The second-order valence-corrected chi connectivity index (χ2v) is 5.31. The molecule has 0 saturated heterocycles. The van der Waals surface area contributed by atoms with Crippen molar-refractivity contribution < 1.29 is 4.79 Å². The number of rotatable bonds is 4. The lowest BCUT2D eigenvalue weighted by Crippen LogP contribution is -2.27. The minimum atomic E-state index is -0.404. The van der Waals surface area contributed by atoms with Gasteiger partial charge in [-0.25, -0.2) is 4.98 Å². The zero-order valence-corrected chi connectivity index (χ0v) is 13.2. The van der Waals surface area contributed by atoms with E-state index in [0.29, 0.717) is 16.9 Å². The van der Waals surface area contributed by atoms with Crippen molar-refractivity contribution in [3.63, 3.8) is 0 Å². The van der Waals surface area contributed by atoms with E-state index in [4.69, 9.17) is 5.26 Å². The molecule has 122 valence electrons. The molecule has 0 spiro atoms. The molecule has 3 rings (SSSR count). The van der Waals surface area contributed by atoms with Crippen LogP contribution < -0.4 is 10.9 Å². The van der Waals surface area contributed by atoms with Crippen LogP contribution in [-0.2, 0) is 11.3 Å². The standard InChI is InChI=1S/C19H14N4O2/c20-11-15-8-4-5-9-16(15)22-18(24)12-23-13-21-17(10-19(23)25)14-6-2-1-3-7-14/h1-10,13H,12H2,(H,22,24). The second kappa shape index (κ2) is 7.23. The Morgan fingerprint density at radius 2 is 1.84 bits per heavy atom. The highest BCUT2D eigenvalue weighted by Gasteiger charge is 2.09. The van der Waals surface area contributed by atoms with Crippen LogP contribution in [0.1, 0.15) is 5.56 Å². The molecule has 1 heterocycles. The van der Waals surface area contributed by atoms with Crippen molar-refractivity contribution in [2.45, 2.75) is 6.54 Å². The molecule has 0 aliphatic carbocycles. The van der Waals surface area contributed by atoms with Crippen LogP contribution in [-0.4, -0.2) is 15.5 Å². The van der Waals surface area contributed by atoms with E-state index in [9.17, 15) is 9.59 Å². The molecular weight excluding hydrogens is 316 g/mol. The van der Waals surface area contributed by atoms with Crippen LogP contribution in [0.2, 0.25) is 0 Å². The number of hydrogen-bond acceptors (Lipinski definition) is 4. The number of para-hydroxylation sites is 1. The van der Waals surface area contributed by atoms with Gasteiger partial charge in [0.25, 0.3) is 5.56 Å². The average molecular weight is 330 g/mol. The highest BCUT2D eigenvalue weighted by atomic mass is 16.2. The number of aromatic nitrogens is 2. The SMILES string of the molecule is N#Cc1ccccc1NC(=O)Cn1cnc(-c2ccccc2)cc1=O. The molecule has 3 aromatic rings. The number of benzene rings is 2. The molecule has 0 bridgehead atoms. The fourth-order valence-corrected chi connectivity index (χ4v) is 2.35. The van der Waals surface area contributed by atoms with Gasteiger partial charge in [-0.15, -0.1) is 0 Å². The summed E-state index contributed by atoms with van der Waals surface area (Å²) in [6.45, 7) is -0.180. The van der Waals surface area contributed by atoms with E-state index in [-0.39, 0.29) is 12.1 Å². The molecule has 0 fully saturated rings. The molecule has 0 atom stereocenters. The monoisotopic (exact) mass is 330 g/mol. The van der Waals surface area contributed by atoms with E-state index in [2.05, 4.69) is 10.3 Å². The first-order valence-corrected chi connectivity index (χ1v) is 7.58. The number of carbonyl (C=O) groups is 1. The first-order valence-electron chi connectivity index (χ1n) is 7.58. The van der Waals surface area contributed by atoms with E-state index < -0.39 is 5.91 Å². The average Bonchev–Trinajstić information content (AvgIpc) is 2.64. The molecule has 2 aromatic carbocycles. The molecule has 1 N–H and O–H groups in total. The summed E-state index contributed by atoms with van der Waals surface area (Å²) in [7, 11) is 0. The predicted octanol–water partition coefficient (Wildman–Crippen LogP) is 2.42. The van der Waals surface area contributed by atoms with Crippen molar-refractivity contribution >= 4 is 11.6 Å². The van der Waals surface area contributed by atoms with Gasteiger partial charge in [-0.05, 0) is 12.1 Å². The number of nitrogens with zero attached hydrogens (tertiary/aromatic N) is 3. The topological polar surface area (TPSA) is 87.8 Å². The quantitative estimate of drug-likeness (QED) is 0.796. The van der Waals surface area contributed by atoms with Gasteiger partial charge in [0.05, 0.1) is 23.3 Å². The van der Waals surface area contributed by atoms with Gasteiger partial charge >= 0.3 is 0 Å². The molecule has 0 aliphatic rings. The molecule has 6 nitrogen and oxygen atoms in total. The fraction of sp³-hybridized carbons (Fsp3) is 0.0526. The van der Waals surface area contributed by atoms with Crippen LogP contribution in [0.15, 0.2) is 71.8 Å². The van der Waals surface area contributed by atoms with Crippen LogP contribution in [0, 0.1) is 11.3 Å². The third-order valence-electron chi connectivity index (χ3n) is 3.58.